The molecule has 0 bridgehead atoms. The third-order valence-electron chi connectivity index (χ3n) is 5.05. The molecule has 2 heterocycles. The van der Waals surface area contributed by atoms with Crippen LogP contribution in [0.3, 0.4) is 0 Å². The van der Waals surface area contributed by atoms with Crippen LogP contribution in [0, 0.1) is 0 Å². The van der Waals surface area contributed by atoms with Gasteiger partial charge in [0.15, 0.2) is 5.65 Å². The van der Waals surface area contributed by atoms with Gasteiger partial charge in [-0.1, -0.05) is 38.1 Å². The maximum atomic E-state index is 12.2. The largest absolute Gasteiger partial charge is 0.395 e. The van der Waals surface area contributed by atoms with E-state index >= 15 is 0 Å². The maximum Gasteiger partial charge on any atom is 0.251 e. The van der Waals surface area contributed by atoms with Gasteiger partial charge in [-0.25, -0.2) is 9.50 Å². The average Bonchev–Trinajstić information content (AvgIpc) is 3.21. The second-order valence-corrected chi connectivity index (χ2v) is 7.60. The van der Waals surface area contributed by atoms with E-state index < -0.39 is 0 Å². The number of hydrogen-bond donors (Lipinski definition) is 3. The quantitative estimate of drug-likeness (QED) is 0.425. The van der Waals surface area contributed by atoms with Crippen LogP contribution in [0.1, 0.15) is 35.7 Å². The van der Waals surface area contributed by atoms with Crippen LogP contribution in [0.2, 0.25) is 0 Å². The summed E-state index contributed by atoms with van der Waals surface area (Å²) >= 11 is 0. The lowest BCUT2D eigenvalue weighted by Crippen LogP contribution is -2.26. The standard InChI is InChI=1S/C24H25N5O2/c1-16(2)17-6-8-20(9-7-17)27-22-10-12-29-23(28-22)21(15-26-29)18-4-3-5-19(14-18)24(31)25-11-13-30/h3-10,12,14-16,30H,11,13H2,1-2H3,(H,25,31)(H,27,28). The van der Waals surface area contributed by atoms with Gasteiger partial charge in [0.25, 0.3) is 5.91 Å². The Labute approximate surface area is 180 Å². The highest BCUT2D eigenvalue weighted by Gasteiger charge is 2.12. The minimum absolute atomic E-state index is 0.0978. The Kier molecular flexibility index (Phi) is 5.95. The third kappa shape index (κ3) is 4.57. The van der Waals surface area contributed by atoms with E-state index in [1.807, 2.05) is 36.5 Å². The van der Waals surface area contributed by atoms with Crippen molar-refractivity contribution in [3.8, 4) is 11.1 Å². The first-order valence-corrected chi connectivity index (χ1v) is 10.3. The Morgan fingerprint density at radius 1 is 1.13 bits per heavy atom. The maximum absolute atomic E-state index is 12.2. The number of fused-ring (bicyclic) bond motifs is 1. The summed E-state index contributed by atoms with van der Waals surface area (Å²) in [5.41, 5.74) is 5.13. The Balaban J connectivity index is 1.62. The van der Waals surface area contributed by atoms with Crippen LogP contribution in [0.25, 0.3) is 16.8 Å². The number of rotatable bonds is 7. The number of aliphatic hydroxyl groups is 1. The number of benzene rings is 2. The van der Waals surface area contributed by atoms with Gasteiger partial charge in [0.05, 0.1) is 12.8 Å². The summed E-state index contributed by atoms with van der Waals surface area (Å²) in [7, 11) is 0. The summed E-state index contributed by atoms with van der Waals surface area (Å²) in [4.78, 5) is 17.0. The molecular formula is C24H25N5O2. The monoisotopic (exact) mass is 415 g/mol. The number of carbonyl (C=O) groups is 1. The van der Waals surface area contributed by atoms with E-state index in [1.165, 1.54) is 5.56 Å². The first kappa shape index (κ1) is 20.6. The lowest BCUT2D eigenvalue weighted by Gasteiger charge is -2.09. The van der Waals surface area contributed by atoms with E-state index in [9.17, 15) is 4.79 Å². The number of nitrogens with zero attached hydrogens (tertiary/aromatic N) is 3. The Morgan fingerprint density at radius 2 is 1.94 bits per heavy atom. The van der Waals surface area contributed by atoms with Crippen molar-refractivity contribution >= 4 is 23.1 Å². The van der Waals surface area contributed by atoms with Crippen molar-refractivity contribution in [3.05, 3.63) is 78.1 Å². The molecule has 0 saturated carbocycles. The van der Waals surface area contributed by atoms with Gasteiger partial charge in [0.1, 0.15) is 5.82 Å². The van der Waals surface area contributed by atoms with Crippen LogP contribution in [-0.2, 0) is 0 Å². The molecular weight excluding hydrogens is 390 g/mol. The highest BCUT2D eigenvalue weighted by molar-refractivity contribution is 5.96. The number of amides is 1. The molecule has 0 aliphatic heterocycles. The summed E-state index contributed by atoms with van der Waals surface area (Å²) in [6.07, 6.45) is 3.60. The van der Waals surface area contributed by atoms with Gasteiger partial charge in [-0.15, -0.1) is 0 Å². The van der Waals surface area contributed by atoms with Crippen LogP contribution < -0.4 is 10.6 Å². The highest BCUT2D eigenvalue weighted by Crippen LogP contribution is 2.26. The first-order valence-electron chi connectivity index (χ1n) is 10.3. The summed E-state index contributed by atoms with van der Waals surface area (Å²) in [6.45, 7) is 4.46. The predicted molar refractivity (Wildman–Crippen MR) is 122 cm³/mol. The number of aromatic nitrogens is 3. The lowest BCUT2D eigenvalue weighted by atomic mass is 10.0. The van der Waals surface area contributed by atoms with Crippen LogP contribution in [0.15, 0.2) is 67.0 Å². The van der Waals surface area contributed by atoms with Crippen LogP contribution in [0.5, 0.6) is 0 Å². The van der Waals surface area contributed by atoms with E-state index in [4.69, 9.17) is 10.1 Å². The fourth-order valence-electron chi connectivity index (χ4n) is 3.34. The fraction of sp³-hybridized carbons (Fsp3) is 0.208. The van der Waals surface area contributed by atoms with Crippen molar-refractivity contribution < 1.29 is 9.90 Å². The van der Waals surface area contributed by atoms with Crippen LogP contribution in [-0.4, -0.2) is 38.8 Å². The molecule has 2 aromatic carbocycles. The molecule has 158 valence electrons. The van der Waals surface area contributed by atoms with E-state index in [-0.39, 0.29) is 19.1 Å². The van der Waals surface area contributed by atoms with Crippen molar-refractivity contribution in [1.82, 2.24) is 19.9 Å². The number of nitrogens with one attached hydrogen (secondary N) is 2. The third-order valence-corrected chi connectivity index (χ3v) is 5.05. The van der Waals surface area contributed by atoms with E-state index in [0.717, 1.165) is 16.8 Å². The fourth-order valence-corrected chi connectivity index (χ4v) is 3.34. The topological polar surface area (TPSA) is 91.5 Å². The number of carbonyl (C=O) groups excluding carboxylic acids is 1. The van der Waals surface area contributed by atoms with Gasteiger partial charge in [0.2, 0.25) is 0 Å². The molecule has 0 fully saturated rings. The van der Waals surface area contributed by atoms with Gasteiger partial charge in [0, 0.05) is 29.6 Å². The molecule has 2 aromatic heterocycles. The van der Waals surface area contributed by atoms with Crippen molar-refractivity contribution in [3.63, 3.8) is 0 Å². The molecule has 0 unspecified atom stereocenters. The molecule has 0 spiro atoms. The number of hydrogen-bond acceptors (Lipinski definition) is 5. The summed E-state index contributed by atoms with van der Waals surface area (Å²) < 4.78 is 1.71. The van der Waals surface area contributed by atoms with Gasteiger partial charge in [-0.2, -0.15) is 5.10 Å². The van der Waals surface area contributed by atoms with E-state index in [0.29, 0.717) is 22.9 Å². The Morgan fingerprint density at radius 3 is 2.68 bits per heavy atom. The van der Waals surface area contributed by atoms with Gasteiger partial charge in [-0.3, -0.25) is 4.79 Å². The summed E-state index contributed by atoms with van der Waals surface area (Å²) in [5.74, 6) is 0.968. The second-order valence-electron chi connectivity index (χ2n) is 7.60. The Hall–Kier alpha value is -3.71. The highest BCUT2D eigenvalue weighted by atomic mass is 16.3. The van der Waals surface area contributed by atoms with Crippen molar-refractivity contribution in [2.24, 2.45) is 0 Å². The minimum Gasteiger partial charge on any atom is -0.395 e. The molecule has 7 heteroatoms. The Bertz CT molecular complexity index is 1200. The molecule has 4 rings (SSSR count). The second kappa shape index (κ2) is 8.97. The number of aliphatic hydroxyl groups excluding tert-OH is 1. The summed E-state index contributed by atoms with van der Waals surface area (Å²) in [5, 5.41) is 19.3. The molecule has 1 amide bonds. The lowest BCUT2D eigenvalue weighted by molar-refractivity contribution is 0.0945. The van der Waals surface area contributed by atoms with Gasteiger partial charge < -0.3 is 15.7 Å². The van der Waals surface area contributed by atoms with E-state index in [1.54, 1.807) is 22.8 Å². The van der Waals surface area contributed by atoms with Gasteiger partial charge in [-0.05, 0) is 47.4 Å². The average molecular weight is 415 g/mol. The van der Waals surface area contributed by atoms with Crippen molar-refractivity contribution in [2.75, 3.05) is 18.5 Å². The molecule has 0 atom stereocenters. The number of anilines is 2. The minimum atomic E-state index is -0.229. The molecule has 0 saturated heterocycles. The molecule has 3 N–H and O–H groups in total. The van der Waals surface area contributed by atoms with Crippen molar-refractivity contribution in [2.45, 2.75) is 19.8 Å². The molecule has 31 heavy (non-hydrogen) atoms. The molecule has 0 aliphatic rings. The van der Waals surface area contributed by atoms with Gasteiger partial charge >= 0.3 is 0 Å². The predicted octanol–water partition coefficient (Wildman–Crippen LogP) is 3.99. The molecule has 0 aliphatic carbocycles. The van der Waals surface area contributed by atoms with E-state index in [2.05, 4.69) is 41.7 Å². The molecule has 0 radical (unpaired) electrons. The smallest absolute Gasteiger partial charge is 0.251 e. The zero-order valence-electron chi connectivity index (χ0n) is 17.5. The van der Waals surface area contributed by atoms with Crippen molar-refractivity contribution in [1.29, 1.82) is 0 Å². The molecule has 4 aromatic rings. The first-order chi connectivity index (χ1) is 15.0. The SMILES string of the molecule is CC(C)c1ccc(Nc2ccn3ncc(-c4cccc(C(=O)NCCO)c4)c3n2)cc1. The van der Waals surface area contributed by atoms with Crippen LogP contribution in [0.4, 0.5) is 11.5 Å². The zero-order chi connectivity index (χ0) is 21.8. The molecule has 7 nitrogen and oxygen atoms in total. The summed E-state index contributed by atoms with van der Waals surface area (Å²) in [6, 6.07) is 17.5. The zero-order valence-corrected chi connectivity index (χ0v) is 17.5. The normalized spacial score (nSPS) is 11.1. The van der Waals surface area contributed by atoms with Crippen LogP contribution >= 0.6 is 0 Å².